The maximum absolute atomic E-state index is 10.8. The van der Waals surface area contributed by atoms with E-state index in [1.807, 2.05) is 20.2 Å². The predicted octanol–water partition coefficient (Wildman–Crippen LogP) is 2.76. The SMILES string of the molecule is CCNC(=NCc1ccccc1CN1CCCCC1C)NCC(C)(O)c1cnn(C)c1. The molecule has 31 heavy (non-hydrogen) atoms. The highest BCUT2D eigenvalue weighted by Crippen LogP contribution is 2.21. The van der Waals surface area contributed by atoms with Crippen molar-refractivity contribution in [3.8, 4) is 0 Å². The van der Waals surface area contributed by atoms with E-state index in [1.54, 1.807) is 17.8 Å². The molecule has 0 saturated carbocycles. The van der Waals surface area contributed by atoms with E-state index >= 15 is 0 Å². The van der Waals surface area contributed by atoms with E-state index in [9.17, 15) is 5.11 Å². The highest BCUT2D eigenvalue weighted by Gasteiger charge is 2.25. The molecule has 7 heteroatoms. The van der Waals surface area contributed by atoms with E-state index in [0.717, 1.165) is 18.7 Å². The molecule has 3 rings (SSSR count). The molecule has 2 atom stereocenters. The minimum atomic E-state index is -1.03. The lowest BCUT2D eigenvalue weighted by atomic mass is 10.00. The van der Waals surface area contributed by atoms with Crippen LogP contribution in [-0.4, -0.2) is 51.4 Å². The molecule has 1 aliphatic heterocycles. The number of hydrogen-bond acceptors (Lipinski definition) is 4. The lowest BCUT2D eigenvalue weighted by molar-refractivity contribution is 0.0616. The fourth-order valence-electron chi connectivity index (χ4n) is 4.04. The Balaban J connectivity index is 1.66. The van der Waals surface area contributed by atoms with E-state index in [1.165, 1.54) is 36.9 Å². The van der Waals surface area contributed by atoms with Crippen LogP contribution >= 0.6 is 0 Å². The third kappa shape index (κ3) is 6.55. The van der Waals surface area contributed by atoms with Crippen LogP contribution in [-0.2, 0) is 25.7 Å². The van der Waals surface area contributed by atoms with Crippen molar-refractivity contribution in [1.29, 1.82) is 0 Å². The second-order valence-electron chi connectivity index (χ2n) is 8.81. The van der Waals surface area contributed by atoms with Gasteiger partial charge in [-0.05, 0) is 51.3 Å². The van der Waals surface area contributed by atoms with Gasteiger partial charge in [-0.1, -0.05) is 30.7 Å². The van der Waals surface area contributed by atoms with E-state index in [-0.39, 0.29) is 0 Å². The third-order valence-electron chi connectivity index (χ3n) is 6.11. The first-order valence-corrected chi connectivity index (χ1v) is 11.4. The highest BCUT2D eigenvalue weighted by molar-refractivity contribution is 5.79. The first-order chi connectivity index (χ1) is 14.9. The first kappa shape index (κ1) is 23.3. The zero-order chi connectivity index (χ0) is 22.3. The van der Waals surface area contributed by atoms with Gasteiger partial charge in [0, 0.05) is 37.9 Å². The molecule has 1 fully saturated rings. The van der Waals surface area contributed by atoms with Gasteiger partial charge in [0.25, 0.3) is 0 Å². The number of aliphatic imine (C=N–C) groups is 1. The van der Waals surface area contributed by atoms with E-state index < -0.39 is 5.60 Å². The smallest absolute Gasteiger partial charge is 0.191 e. The normalized spacial score (nSPS) is 19.8. The van der Waals surface area contributed by atoms with Crippen LogP contribution < -0.4 is 10.6 Å². The van der Waals surface area contributed by atoms with Gasteiger partial charge in [0.05, 0.1) is 19.3 Å². The summed E-state index contributed by atoms with van der Waals surface area (Å²) < 4.78 is 1.70. The van der Waals surface area contributed by atoms with Crippen molar-refractivity contribution < 1.29 is 5.11 Å². The number of guanidine groups is 1. The summed E-state index contributed by atoms with van der Waals surface area (Å²) in [6.45, 7) is 10.0. The predicted molar refractivity (Wildman–Crippen MR) is 126 cm³/mol. The Hall–Kier alpha value is -2.38. The number of likely N-dealkylation sites (tertiary alicyclic amines) is 1. The van der Waals surface area contributed by atoms with Crippen molar-refractivity contribution in [3.05, 3.63) is 53.3 Å². The molecule has 170 valence electrons. The van der Waals surface area contributed by atoms with Gasteiger partial charge in [0.15, 0.2) is 5.96 Å². The molecule has 0 spiro atoms. The van der Waals surface area contributed by atoms with Gasteiger partial charge in [0.1, 0.15) is 5.60 Å². The summed E-state index contributed by atoms with van der Waals surface area (Å²) >= 11 is 0. The van der Waals surface area contributed by atoms with Crippen molar-refractivity contribution in [2.24, 2.45) is 12.0 Å². The second-order valence-corrected chi connectivity index (χ2v) is 8.81. The zero-order valence-corrected chi connectivity index (χ0v) is 19.4. The van der Waals surface area contributed by atoms with E-state index in [4.69, 9.17) is 4.99 Å². The van der Waals surface area contributed by atoms with Gasteiger partial charge in [-0.2, -0.15) is 5.10 Å². The Morgan fingerprint density at radius 2 is 2.03 bits per heavy atom. The Bertz CT molecular complexity index is 859. The lowest BCUT2D eigenvalue weighted by Gasteiger charge is -2.33. The van der Waals surface area contributed by atoms with E-state index in [2.05, 4.69) is 51.8 Å². The maximum Gasteiger partial charge on any atom is 0.191 e. The summed E-state index contributed by atoms with van der Waals surface area (Å²) in [4.78, 5) is 7.39. The number of nitrogens with zero attached hydrogens (tertiary/aromatic N) is 4. The average Bonchev–Trinajstić information content (AvgIpc) is 3.20. The minimum absolute atomic E-state index is 0.345. The number of aromatic nitrogens is 2. The molecule has 2 unspecified atom stereocenters. The molecule has 1 aromatic carbocycles. The summed E-state index contributed by atoms with van der Waals surface area (Å²) in [5.74, 6) is 0.702. The third-order valence-corrected chi connectivity index (χ3v) is 6.11. The summed E-state index contributed by atoms with van der Waals surface area (Å²) in [5, 5.41) is 21.6. The van der Waals surface area contributed by atoms with Gasteiger partial charge in [-0.15, -0.1) is 0 Å². The number of benzene rings is 1. The number of hydrogen-bond donors (Lipinski definition) is 3. The fraction of sp³-hybridized carbons (Fsp3) is 0.583. The zero-order valence-electron chi connectivity index (χ0n) is 19.4. The fourth-order valence-corrected chi connectivity index (χ4v) is 4.04. The quantitative estimate of drug-likeness (QED) is 0.447. The van der Waals surface area contributed by atoms with Crippen LogP contribution in [0.4, 0.5) is 0 Å². The highest BCUT2D eigenvalue weighted by atomic mass is 16.3. The molecule has 1 aromatic heterocycles. The number of nitrogens with one attached hydrogen (secondary N) is 2. The molecule has 1 saturated heterocycles. The molecule has 1 aliphatic rings. The molecule has 7 nitrogen and oxygen atoms in total. The number of aliphatic hydroxyl groups is 1. The Labute approximate surface area is 186 Å². The van der Waals surface area contributed by atoms with Crippen molar-refractivity contribution >= 4 is 5.96 Å². The second kappa shape index (κ2) is 10.8. The topological polar surface area (TPSA) is 77.7 Å². The summed E-state index contributed by atoms with van der Waals surface area (Å²) in [6.07, 6.45) is 7.44. The molecular formula is C24H38N6O. The van der Waals surface area contributed by atoms with Crippen LogP contribution in [0.5, 0.6) is 0 Å². The van der Waals surface area contributed by atoms with Gasteiger partial charge in [-0.3, -0.25) is 9.58 Å². The molecule has 2 heterocycles. The Morgan fingerprint density at radius 3 is 2.71 bits per heavy atom. The molecule has 0 aliphatic carbocycles. The van der Waals surface area contributed by atoms with Gasteiger partial charge in [-0.25, -0.2) is 4.99 Å². The van der Waals surface area contributed by atoms with Gasteiger partial charge >= 0.3 is 0 Å². The van der Waals surface area contributed by atoms with Crippen molar-refractivity contribution in [3.63, 3.8) is 0 Å². The first-order valence-electron chi connectivity index (χ1n) is 11.4. The van der Waals surface area contributed by atoms with Gasteiger partial charge in [0.2, 0.25) is 0 Å². The van der Waals surface area contributed by atoms with Crippen LogP contribution in [0.1, 0.15) is 56.7 Å². The van der Waals surface area contributed by atoms with Crippen LogP contribution in [0.15, 0.2) is 41.7 Å². The average molecular weight is 427 g/mol. The number of rotatable bonds is 8. The molecule has 0 bridgehead atoms. The summed E-state index contributed by atoms with van der Waals surface area (Å²) in [5.41, 5.74) is 2.33. The summed E-state index contributed by atoms with van der Waals surface area (Å²) in [7, 11) is 1.85. The monoisotopic (exact) mass is 426 g/mol. The van der Waals surface area contributed by atoms with Crippen LogP contribution in [0.3, 0.4) is 0 Å². The molecule has 2 aromatic rings. The summed E-state index contributed by atoms with van der Waals surface area (Å²) in [6, 6.07) is 9.23. The molecular weight excluding hydrogens is 388 g/mol. The van der Waals surface area contributed by atoms with Gasteiger partial charge < -0.3 is 15.7 Å². The Kier molecular flexibility index (Phi) is 8.09. The van der Waals surface area contributed by atoms with Crippen molar-refractivity contribution in [2.45, 2.75) is 64.8 Å². The van der Waals surface area contributed by atoms with Crippen LogP contribution in [0.25, 0.3) is 0 Å². The molecule has 0 amide bonds. The number of aryl methyl sites for hydroxylation is 1. The van der Waals surface area contributed by atoms with Crippen LogP contribution in [0.2, 0.25) is 0 Å². The van der Waals surface area contributed by atoms with E-state index in [0.29, 0.717) is 25.1 Å². The molecule has 3 N–H and O–H groups in total. The van der Waals surface area contributed by atoms with Crippen molar-refractivity contribution in [2.75, 3.05) is 19.6 Å². The maximum atomic E-state index is 10.8. The van der Waals surface area contributed by atoms with Crippen molar-refractivity contribution in [1.82, 2.24) is 25.3 Å². The largest absolute Gasteiger partial charge is 0.383 e. The number of piperidine rings is 1. The Morgan fingerprint density at radius 1 is 1.26 bits per heavy atom. The lowest BCUT2D eigenvalue weighted by Crippen LogP contribution is -2.44. The van der Waals surface area contributed by atoms with Crippen LogP contribution in [0, 0.1) is 0 Å². The standard InChI is InChI=1S/C24H38N6O/c1-5-25-23(27-18-24(3,31)22-15-28-29(4)17-22)26-14-20-11-6-7-12-21(20)16-30-13-9-8-10-19(30)2/h6-7,11-12,15,17,19,31H,5,8-10,13-14,16,18H2,1-4H3,(H2,25,26,27). The molecule has 0 radical (unpaired) electrons. The minimum Gasteiger partial charge on any atom is -0.383 e.